The van der Waals surface area contributed by atoms with Gasteiger partial charge < -0.3 is 10.2 Å². The van der Waals surface area contributed by atoms with Crippen molar-refractivity contribution in [1.82, 2.24) is 10.3 Å². The number of nitrogens with zero attached hydrogens (tertiary/aromatic N) is 2. The van der Waals surface area contributed by atoms with Gasteiger partial charge in [0.1, 0.15) is 12.6 Å². The van der Waals surface area contributed by atoms with Crippen LogP contribution in [-0.4, -0.2) is 29.4 Å². The van der Waals surface area contributed by atoms with Crippen LogP contribution in [0, 0.1) is 5.92 Å². The number of carbonyl (C=O) groups excluding carboxylic acids is 2. The molecule has 0 bridgehead atoms. The summed E-state index contributed by atoms with van der Waals surface area (Å²) in [5.41, 5.74) is 3.44. The zero-order valence-electron chi connectivity index (χ0n) is 11.3. The molecule has 0 radical (unpaired) electrons. The standard InChI is InChI=1S/C14H15N3O2S/c1-8(2)13-14(19)17(6-12(18)16-13)9-3-4-10-11(5-9)20-7-15-10/h3-5,7-8,13H,6H2,1-2H3,(H,16,18). The molecule has 1 fully saturated rings. The van der Waals surface area contributed by atoms with Crippen molar-refractivity contribution in [3.05, 3.63) is 23.7 Å². The predicted molar refractivity (Wildman–Crippen MR) is 78.7 cm³/mol. The fourth-order valence-corrected chi connectivity index (χ4v) is 3.06. The number of hydrogen-bond donors (Lipinski definition) is 1. The van der Waals surface area contributed by atoms with Crippen LogP contribution in [0.4, 0.5) is 5.69 Å². The van der Waals surface area contributed by atoms with Crippen LogP contribution in [-0.2, 0) is 9.59 Å². The summed E-state index contributed by atoms with van der Waals surface area (Å²) in [6.45, 7) is 3.93. The second-order valence-corrected chi connectivity index (χ2v) is 6.10. The van der Waals surface area contributed by atoms with Crippen molar-refractivity contribution in [2.45, 2.75) is 19.9 Å². The Labute approximate surface area is 120 Å². The Kier molecular flexibility index (Phi) is 3.17. The quantitative estimate of drug-likeness (QED) is 0.916. The molecule has 0 aliphatic carbocycles. The first-order chi connectivity index (χ1) is 9.56. The summed E-state index contributed by atoms with van der Waals surface area (Å²) in [4.78, 5) is 30.1. The monoisotopic (exact) mass is 289 g/mol. The minimum Gasteiger partial charge on any atom is -0.342 e. The molecule has 1 aromatic carbocycles. The second kappa shape index (κ2) is 4.86. The molecule has 5 nitrogen and oxygen atoms in total. The lowest BCUT2D eigenvalue weighted by atomic mass is 10.0. The highest BCUT2D eigenvalue weighted by Gasteiger charge is 2.35. The molecule has 1 aromatic heterocycles. The summed E-state index contributed by atoms with van der Waals surface area (Å²) in [5, 5.41) is 2.76. The molecule has 1 unspecified atom stereocenters. The molecule has 1 atom stereocenters. The lowest BCUT2D eigenvalue weighted by Gasteiger charge is -2.34. The number of thiazole rings is 1. The van der Waals surface area contributed by atoms with E-state index in [1.807, 2.05) is 32.0 Å². The van der Waals surface area contributed by atoms with Crippen LogP contribution in [0.1, 0.15) is 13.8 Å². The van der Waals surface area contributed by atoms with Crippen LogP contribution in [0.2, 0.25) is 0 Å². The zero-order chi connectivity index (χ0) is 14.3. The number of aromatic nitrogens is 1. The molecule has 2 amide bonds. The van der Waals surface area contributed by atoms with Crippen molar-refractivity contribution >= 4 is 39.1 Å². The summed E-state index contributed by atoms with van der Waals surface area (Å²) >= 11 is 1.52. The maximum atomic E-state index is 12.5. The first kappa shape index (κ1) is 13.1. The average Bonchev–Trinajstić information content (AvgIpc) is 2.87. The highest BCUT2D eigenvalue weighted by atomic mass is 32.1. The molecule has 2 aromatic rings. The Bertz CT molecular complexity index is 680. The molecule has 2 heterocycles. The van der Waals surface area contributed by atoms with Gasteiger partial charge in [-0.2, -0.15) is 0 Å². The third kappa shape index (κ3) is 2.16. The SMILES string of the molecule is CC(C)C1NC(=O)CN(c2ccc3ncsc3c2)C1=O. The number of nitrogens with one attached hydrogen (secondary N) is 1. The molecular weight excluding hydrogens is 274 g/mol. The van der Waals surface area contributed by atoms with E-state index in [2.05, 4.69) is 10.3 Å². The molecule has 1 saturated heterocycles. The number of amides is 2. The molecule has 1 aliphatic rings. The van der Waals surface area contributed by atoms with Gasteiger partial charge in [0.25, 0.3) is 0 Å². The van der Waals surface area contributed by atoms with Gasteiger partial charge in [-0.15, -0.1) is 11.3 Å². The van der Waals surface area contributed by atoms with Crippen LogP contribution in [0.5, 0.6) is 0 Å². The van der Waals surface area contributed by atoms with Gasteiger partial charge >= 0.3 is 0 Å². The van der Waals surface area contributed by atoms with Crippen LogP contribution in [0.3, 0.4) is 0 Å². The third-order valence-corrected chi connectivity index (χ3v) is 4.24. The van der Waals surface area contributed by atoms with Crippen molar-refractivity contribution in [3.63, 3.8) is 0 Å². The molecule has 20 heavy (non-hydrogen) atoms. The van der Waals surface area contributed by atoms with Crippen molar-refractivity contribution in [2.75, 3.05) is 11.4 Å². The van der Waals surface area contributed by atoms with E-state index >= 15 is 0 Å². The highest BCUT2D eigenvalue weighted by molar-refractivity contribution is 7.16. The lowest BCUT2D eigenvalue weighted by molar-refractivity contribution is -0.132. The third-order valence-electron chi connectivity index (χ3n) is 3.44. The van der Waals surface area contributed by atoms with E-state index in [0.717, 1.165) is 15.9 Å². The Morgan fingerprint density at radius 1 is 1.40 bits per heavy atom. The highest BCUT2D eigenvalue weighted by Crippen LogP contribution is 2.26. The van der Waals surface area contributed by atoms with E-state index in [1.165, 1.54) is 11.3 Å². The maximum absolute atomic E-state index is 12.5. The van der Waals surface area contributed by atoms with Gasteiger partial charge in [0.05, 0.1) is 15.7 Å². The van der Waals surface area contributed by atoms with Crippen LogP contribution in [0.25, 0.3) is 10.2 Å². The fraction of sp³-hybridized carbons (Fsp3) is 0.357. The second-order valence-electron chi connectivity index (χ2n) is 5.22. The van der Waals surface area contributed by atoms with Gasteiger partial charge in [0.2, 0.25) is 11.8 Å². The largest absolute Gasteiger partial charge is 0.342 e. The molecular formula is C14H15N3O2S. The Hall–Kier alpha value is -1.95. The van der Waals surface area contributed by atoms with Crippen LogP contribution >= 0.6 is 11.3 Å². The number of anilines is 1. The summed E-state index contributed by atoms with van der Waals surface area (Å²) in [6.07, 6.45) is 0. The van der Waals surface area contributed by atoms with Gasteiger partial charge in [-0.3, -0.25) is 9.59 Å². The molecule has 0 saturated carbocycles. The van der Waals surface area contributed by atoms with E-state index in [9.17, 15) is 9.59 Å². The first-order valence-corrected chi connectivity index (χ1v) is 7.38. The molecule has 1 N–H and O–H groups in total. The topological polar surface area (TPSA) is 62.3 Å². The van der Waals surface area contributed by atoms with Crippen molar-refractivity contribution in [3.8, 4) is 0 Å². The number of carbonyl (C=O) groups is 2. The smallest absolute Gasteiger partial charge is 0.250 e. The first-order valence-electron chi connectivity index (χ1n) is 6.50. The number of piperazine rings is 1. The van der Waals surface area contributed by atoms with E-state index in [1.54, 1.807) is 10.4 Å². The maximum Gasteiger partial charge on any atom is 0.250 e. The molecule has 1 aliphatic heterocycles. The van der Waals surface area contributed by atoms with Gasteiger partial charge in [-0.25, -0.2) is 4.98 Å². The Balaban J connectivity index is 1.98. The van der Waals surface area contributed by atoms with Crippen molar-refractivity contribution in [2.24, 2.45) is 5.92 Å². The molecule has 0 spiro atoms. The Morgan fingerprint density at radius 2 is 2.20 bits per heavy atom. The van der Waals surface area contributed by atoms with Crippen LogP contribution in [0.15, 0.2) is 23.7 Å². The van der Waals surface area contributed by atoms with Crippen LogP contribution < -0.4 is 10.2 Å². The number of fused-ring (bicyclic) bond motifs is 1. The average molecular weight is 289 g/mol. The van der Waals surface area contributed by atoms with E-state index in [4.69, 9.17) is 0 Å². The molecule has 6 heteroatoms. The van der Waals surface area contributed by atoms with Gasteiger partial charge in [-0.1, -0.05) is 13.8 Å². The molecule has 104 valence electrons. The van der Waals surface area contributed by atoms with E-state index in [0.29, 0.717) is 0 Å². The van der Waals surface area contributed by atoms with Gasteiger partial charge in [-0.05, 0) is 24.1 Å². The fourth-order valence-electron chi connectivity index (χ4n) is 2.35. The van der Waals surface area contributed by atoms with Gasteiger partial charge in [0.15, 0.2) is 0 Å². The number of rotatable bonds is 2. The Morgan fingerprint density at radius 3 is 2.95 bits per heavy atom. The van der Waals surface area contributed by atoms with Crippen molar-refractivity contribution in [1.29, 1.82) is 0 Å². The predicted octanol–water partition coefficient (Wildman–Crippen LogP) is 1.78. The summed E-state index contributed by atoms with van der Waals surface area (Å²) in [5.74, 6) is -0.0995. The summed E-state index contributed by atoms with van der Waals surface area (Å²) < 4.78 is 1.02. The number of benzene rings is 1. The van der Waals surface area contributed by atoms with Crippen molar-refractivity contribution < 1.29 is 9.59 Å². The number of hydrogen-bond acceptors (Lipinski definition) is 4. The summed E-state index contributed by atoms with van der Waals surface area (Å²) in [6, 6.07) is 5.19. The van der Waals surface area contributed by atoms with E-state index in [-0.39, 0.29) is 24.3 Å². The minimum atomic E-state index is -0.451. The zero-order valence-corrected chi connectivity index (χ0v) is 12.1. The van der Waals surface area contributed by atoms with E-state index < -0.39 is 6.04 Å². The summed E-state index contributed by atoms with van der Waals surface area (Å²) in [7, 11) is 0. The van der Waals surface area contributed by atoms with Gasteiger partial charge in [0, 0.05) is 5.69 Å². The lowest BCUT2D eigenvalue weighted by Crippen LogP contribution is -2.60. The minimum absolute atomic E-state index is 0.0523. The normalized spacial score (nSPS) is 19.8. The molecule has 3 rings (SSSR count).